The van der Waals surface area contributed by atoms with Gasteiger partial charge in [0, 0.05) is 10.6 Å². The van der Waals surface area contributed by atoms with E-state index < -0.39 is 5.91 Å². The summed E-state index contributed by atoms with van der Waals surface area (Å²) in [6.07, 6.45) is 1.43. The summed E-state index contributed by atoms with van der Waals surface area (Å²) in [4.78, 5) is 12.4. The number of anilines is 1. The third-order valence-electron chi connectivity index (χ3n) is 3.97. The van der Waals surface area contributed by atoms with Crippen molar-refractivity contribution in [2.45, 2.75) is 0 Å². The van der Waals surface area contributed by atoms with Crippen molar-refractivity contribution in [3.05, 3.63) is 71.6 Å². The maximum absolute atomic E-state index is 12.4. The minimum absolute atomic E-state index is 0.189. The zero-order valence-corrected chi connectivity index (χ0v) is 15.4. The number of hydrogen-bond acceptors (Lipinski definition) is 6. The molecule has 4 aromatic rings. The molecule has 2 aromatic carbocycles. The Balaban J connectivity index is 1.70. The lowest BCUT2D eigenvalue weighted by Crippen LogP contribution is -2.11. The molecule has 2 aromatic heterocycles. The Bertz CT molecular complexity index is 1100. The van der Waals surface area contributed by atoms with Crippen LogP contribution in [-0.4, -0.2) is 23.2 Å². The quantitative estimate of drug-likeness (QED) is 0.516. The summed E-state index contributed by atoms with van der Waals surface area (Å²) in [7, 11) is 1.55. The van der Waals surface area contributed by atoms with Crippen molar-refractivity contribution in [1.29, 1.82) is 0 Å². The summed E-state index contributed by atoms with van der Waals surface area (Å²) in [6.45, 7) is 0. The van der Waals surface area contributed by atoms with Gasteiger partial charge in [0.15, 0.2) is 5.76 Å². The molecule has 2 heterocycles. The van der Waals surface area contributed by atoms with Gasteiger partial charge >= 0.3 is 0 Å². The zero-order valence-electron chi connectivity index (χ0n) is 14.7. The average Bonchev–Trinajstić information content (AvgIpc) is 3.41. The minimum Gasteiger partial charge on any atom is -0.497 e. The minimum atomic E-state index is -0.395. The molecule has 1 N–H and O–H groups in total. The molecule has 0 atom stereocenters. The lowest BCUT2D eigenvalue weighted by molar-refractivity contribution is 0.0996. The Labute approximate surface area is 164 Å². The van der Waals surface area contributed by atoms with Gasteiger partial charge in [-0.05, 0) is 54.6 Å². The molecule has 8 heteroatoms. The van der Waals surface area contributed by atoms with Gasteiger partial charge in [0.1, 0.15) is 5.75 Å². The molecular formula is C20H14ClN3O4. The van der Waals surface area contributed by atoms with Crippen LogP contribution in [0.15, 0.2) is 69.7 Å². The zero-order chi connectivity index (χ0) is 19.5. The summed E-state index contributed by atoms with van der Waals surface area (Å²) in [5.41, 5.74) is 1.73. The number of carbonyl (C=O) groups excluding carboxylic acids is 1. The number of methoxy groups -OCH3 is 1. The molecule has 0 fully saturated rings. The maximum Gasteiger partial charge on any atom is 0.291 e. The highest BCUT2D eigenvalue weighted by molar-refractivity contribution is 6.30. The van der Waals surface area contributed by atoms with Crippen LogP contribution < -0.4 is 10.1 Å². The molecule has 0 bridgehead atoms. The van der Waals surface area contributed by atoms with Crippen molar-refractivity contribution >= 4 is 23.2 Å². The van der Waals surface area contributed by atoms with E-state index in [0.717, 1.165) is 5.56 Å². The highest BCUT2D eigenvalue weighted by Gasteiger charge is 2.18. The van der Waals surface area contributed by atoms with Crippen molar-refractivity contribution in [3.8, 4) is 28.7 Å². The van der Waals surface area contributed by atoms with Crippen molar-refractivity contribution in [3.63, 3.8) is 0 Å². The molecule has 0 aliphatic rings. The smallest absolute Gasteiger partial charge is 0.291 e. The van der Waals surface area contributed by atoms with Crippen LogP contribution in [0.3, 0.4) is 0 Å². The predicted molar refractivity (Wildman–Crippen MR) is 103 cm³/mol. The van der Waals surface area contributed by atoms with Gasteiger partial charge in [0.25, 0.3) is 5.91 Å². The molecule has 0 aliphatic carbocycles. The van der Waals surface area contributed by atoms with Crippen molar-refractivity contribution in [1.82, 2.24) is 10.2 Å². The highest BCUT2D eigenvalue weighted by atomic mass is 35.5. The van der Waals surface area contributed by atoms with E-state index >= 15 is 0 Å². The monoisotopic (exact) mass is 395 g/mol. The first-order valence-corrected chi connectivity index (χ1v) is 8.64. The third kappa shape index (κ3) is 3.60. The van der Waals surface area contributed by atoms with Crippen LogP contribution in [0.25, 0.3) is 22.9 Å². The fourth-order valence-electron chi connectivity index (χ4n) is 2.57. The van der Waals surface area contributed by atoms with Crippen LogP contribution in [0.4, 0.5) is 5.69 Å². The van der Waals surface area contributed by atoms with Crippen molar-refractivity contribution in [2.75, 3.05) is 12.4 Å². The fourth-order valence-corrected chi connectivity index (χ4v) is 2.70. The average molecular weight is 396 g/mol. The summed E-state index contributed by atoms with van der Waals surface area (Å²) >= 11 is 5.92. The Hall–Kier alpha value is -3.58. The molecule has 28 heavy (non-hydrogen) atoms. The van der Waals surface area contributed by atoms with Gasteiger partial charge in [-0.1, -0.05) is 11.6 Å². The number of rotatable bonds is 5. The number of nitrogens with one attached hydrogen (secondary N) is 1. The predicted octanol–water partition coefficient (Wildman–Crippen LogP) is 4.91. The van der Waals surface area contributed by atoms with Gasteiger partial charge in [-0.2, -0.15) is 0 Å². The first kappa shape index (κ1) is 17.8. The van der Waals surface area contributed by atoms with Gasteiger partial charge < -0.3 is 18.9 Å². The Morgan fingerprint density at radius 3 is 2.57 bits per heavy atom. The molecule has 0 saturated carbocycles. The number of nitrogens with zero attached hydrogens (tertiary/aromatic N) is 2. The van der Waals surface area contributed by atoms with Gasteiger partial charge in [0.05, 0.1) is 24.6 Å². The molecule has 140 valence electrons. The number of benzene rings is 2. The van der Waals surface area contributed by atoms with Crippen LogP contribution in [0.5, 0.6) is 5.75 Å². The van der Waals surface area contributed by atoms with Crippen molar-refractivity contribution in [2.24, 2.45) is 0 Å². The Morgan fingerprint density at radius 2 is 1.86 bits per heavy atom. The number of halogens is 1. The number of aromatic nitrogens is 2. The van der Waals surface area contributed by atoms with E-state index in [4.69, 9.17) is 25.2 Å². The first-order valence-electron chi connectivity index (χ1n) is 8.27. The maximum atomic E-state index is 12.4. The van der Waals surface area contributed by atoms with E-state index in [9.17, 15) is 4.79 Å². The largest absolute Gasteiger partial charge is 0.497 e. The number of ether oxygens (including phenoxy) is 1. The third-order valence-corrected chi connectivity index (χ3v) is 4.22. The van der Waals surface area contributed by atoms with E-state index in [1.807, 2.05) is 0 Å². The molecule has 0 aliphatic heterocycles. The van der Waals surface area contributed by atoms with Crippen LogP contribution >= 0.6 is 11.6 Å². The topological polar surface area (TPSA) is 90.4 Å². The standard InChI is InChI=1S/C20H14ClN3O4/c1-26-14-8-9-16(22-18(25)17-3-2-10-27-17)15(11-14)20-24-23-19(28-20)12-4-6-13(21)7-5-12/h2-11H,1H3,(H,22,25). The second-order valence-electron chi connectivity index (χ2n) is 5.76. The SMILES string of the molecule is COc1ccc(NC(=O)c2ccco2)c(-c2nnc(-c3ccc(Cl)cc3)o2)c1. The van der Waals surface area contributed by atoms with Crippen LogP contribution in [0.1, 0.15) is 10.6 Å². The van der Waals surface area contributed by atoms with E-state index in [1.54, 1.807) is 61.7 Å². The number of furan rings is 1. The molecular weight excluding hydrogens is 382 g/mol. The lowest BCUT2D eigenvalue weighted by Gasteiger charge is -2.09. The van der Waals surface area contributed by atoms with E-state index in [0.29, 0.717) is 27.9 Å². The summed E-state index contributed by atoms with van der Waals surface area (Å²) < 4.78 is 16.2. The Morgan fingerprint density at radius 1 is 1.07 bits per heavy atom. The van der Waals surface area contributed by atoms with Gasteiger partial charge in [-0.25, -0.2) is 0 Å². The van der Waals surface area contributed by atoms with Crippen LogP contribution in [-0.2, 0) is 0 Å². The molecule has 7 nitrogen and oxygen atoms in total. The lowest BCUT2D eigenvalue weighted by atomic mass is 10.1. The number of hydrogen-bond donors (Lipinski definition) is 1. The molecule has 1 amide bonds. The van der Waals surface area contributed by atoms with Crippen molar-refractivity contribution < 1.29 is 18.4 Å². The highest BCUT2D eigenvalue weighted by Crippen LogP contribution is 2.33. The summed E-state index contributed by atoms with van der Waals surface area (Å²) in [5.74, 6) is 0.941. The summed E-state index contributed by atoms with van der Waals surface area (Å²) in [6, 6.07) is 15.4. The molecule has 0 radical (unpaired) electrons. The molecule has 0 spiro atoms. The van der Waals surface area contributed by atoms with Gasteiger partial charge in [-0.3, -0.25) is 4.79 Å². The second-order valence-corrected chi connectivity index (χ2v) is 6.20. The Kier molecular flexibility index (Phi) is 4.82. The number of amides is 1. The molecule has 0 unspecified atom stereocenters. The second kappa shape index (κ2) is 7.58. The van der Waals surface area contributed by atoms with Crippen LogP contribution in [0.2, 0.25) is 5.02 Å². The summed E-state index contributed by atoms with van der Waals surface area (Å²) in [5, 5.41) is 11.6. The fraction of sp³-hybridized carbons (Fsp3) is 0.0500. The molecule has 4 rings (SSSR count). The van der Waals surface area contributed by atoms with E-state index in [1.165, 1.54) is 6.26 Å². The van der Waals surface area contributed by atoms with E-state index in [-0.39, 0.29) is 11.7 Å². The van der Waals surface area contributed by atoms with E-state index in [2.05, 4.69) is 15.5 Å². The number of carbonyl (C=O) groups is 1. The molecule has 0 saturated heterocycles. The normalized spacial score (nSPS) is 10.6. The van der Waals surface area contributed by atoms with Gasteiger partial charge in [-0.15, -0.1) is 10.2 Å². The van der Waals surface area contributed by atoms with Gasteiger partial charge in [0.2, 0.25) is 11.8 Å². The van der Waals surface area contributed by atoms with Crippen LogP contribution in [0, 0.1) is 0 Å². The first-order chi connectivity index (χ1) is 13.6.